The molecule has 2 aromatic carbocycles. The minimum Gasteiger partial charge on any atom is -0.357 e. The van der Waals surface area contributed by atoms with Gasteiger partial charge < -0.3 is 4.90 Å². The molecular formula is C25H22N4O3. The number of carbonyl (C=O) groups is 1. The second kappa shape index (κ2) is 7.32. The summed E-state index contributed by atoms with van der Waals surface area (Å²) in [5.74, 6) is -0.881. The molecule has 2 aliphatic rings. The lowest BCUT2D eigenvalue weighted by Crippen LogP contribution is -2.43. The van der Waals surface area contributed by atoms with Crippen molar-refractivity contribution in [2.45, 2.75) is 38.8 Å². The summed E-state index contributed by atoms with van der Waals surface area (Å²) in [5.41, 5.74) is -0.110. The van der Waals surface area contributed by atoms with E-state index in [4.69, 9.17) is 0 Å². The second-order valence-corrected chi connectivity index (χ2v) is 9.27. The molecule has 0 saturated carbocycles. The van der Waals surface area contributed by atoms with Crippen molar-refractivity contribution in [1.82, 2.24) is 4.90 Å². The number of hydrogen-bond acceptors (Lipinski definition) is 6. The summed E-state index contributed by atoms with van der Waals surface area (Å²) in [6, 6.07) is 16.5. The Morgan fingerprint density at radius 3 is 2.28 bits per heavy atom. The van der Waals surface area contributed by atoms with E-state index in [1.54, 1.807) is 18.3 Å². The van der Waals surface area contributed by atoms with Crippen molar-refractivity contribution in [3.8, 4) is 12.1 Å². The third-order valence-electron chi connectivity index (χ3n) is 6.41. The molecule has 2 heterocycles. The van der Waals surface area contributed by atoms with Crippen molar-refractivity contribution in [3.05, 3.63) is 81.5 Å². The number of ketones is 1. The lowest BCUT2D eigenvalue weighted by molar-refractivity contribution is -0.384. The number of non-ortho nitro benzene ring substituents is 1. The van der Waals surface area contributed by atoms with Gasteiger partial charge in [0, 0.05) is 29.7 Å². The van der Waals surface area contributed by atoms with E-state index in [0.29, 0.717) is 5.56 Å². The molecule has 7 heteroatoms. The molecule has 0 aromatic heterocycles. The van der Waals surface area contributed by atoms with Crippen LogP contribution in [-0.2, 0) is 4.79 Å². The van der Waals surface area contributed by atoms with Crippen LogP contribution in [0.5, 0.6) is 0 Å². The van der Waals surface area contributed by atoms with Crippen LogP contribution in [-0.4, -0.2) is 21.6 Å². The standard InChI is InChI=1S/C25H22N4O3/c1-24(2,3)23(30)21-20(17-8-10-18(11-9-17)29(31)32)25(14-26,15-27)22-19-7-5-4-6-16(19)12-13-28(21)22/h4-13,20-22H,1-3H3/t20-,21+,22+/m0/s1. The van der Waals surface area contributed by atoms with Crippen molar-refractivity contribution in [3.63, 3.8) is 0 Å². The second-order valence-electron chi connectivity index (χ2n) is 9.27. The van der Waals surface area contributed by atoms with Crippen molar-refractivity contribution in [2.75, 3.05) is 0 Å². The summed E-state index contributed by atoms with van der Waals surface area (Å²) >= 11 is 0. The molecule has 0 spiro atoms. The highest BCUT2D eigenvalue weighted by molar-refractivity contribution is 5.91. The summed E-state index contributed by atoms with van der Waals surface area (Å²) in [6.07, 6.45) is 3.70. The Bertz CT molecular complexity index is 1200. The maximum absolute atomic E-state index is 13.7. The maximum Gasteiger partial charge on any atom is 0.269 e. The molecule has 0 radical (unpaired) electrons. The van der Waals surface area contributed by atoms with E-state index in [2.05, 4.69) is 12.1 Å². The summed E-state index contributed by atoms with van der Waals surface area (Å²) in [4.78, 5) is 26.2. The van der Waals surface area contributed by atoms with Gasteiger partial charge >= 0.3 is 0 Å². The molecule has 4 rings (SSSR count). The van der Waals surface area contributed by atoms with Crippen LogP contribution in [0.1, 0.15) is 49.4 Å². The fraction of sp³-hybridized carbons (Fsp3) is 0.320. The zero-order valence-electron chi connectivity index (χ0n) is 18.0. The van der Waals surface area contributed by atoms with Crippen LogP contribution in [0.2, 0.25) is 0 Å². The zero-order chi connectivity index (χ0) is 23.3. The van der Waals surface area contributed by atoms with Gasteiger partial charge in [0.15, 0.2) is 11.2 Å². The number of nitro groups is 1. The molecule has 3 atom stereocenters. The molecule has 160 valence electrons. The van der Waals surface area contributed by atoms with Crippen LogP contribution in [0, 0.1) is 43.6 Å². The van der Waals surface area contributed by atoms with Crippen molar-refractivity contribution in [1.29, 1.82) is 10.5 Å². The molecule has 32 heavy (non-hydrogen) atoms. The van der Waals surface area contributed by atoms with Gasteiger partial charge in [-0.15, -0.1) is 0 Å². The van der Waals surface area contributed by atoms with Gasteiger partial charge in [0.05, 0.1) is 29.1 Å². The van der Waals surface area contributed by atoms with Gasteiger partial charge in [-0.1, -0.05) is 57.2 Å². The number of carbonyl (C=O) groups excluding carboxylic acids is 1. The molecule has 0 aliphatic carbocycles. The Kier molecular flexibility index (Phi) is 4.86. The van der Waals surface area contributed by atoms with E-state index in [1.165, 1.54) is 12.1 Å². The topological polar surface area (TPSA) is 111 Å². The Morgan fingerprint density at radius 1 is 1.09 bits per heavy atom. The molecule has 2 aliphatic heterocycles. The van der Waals surface area contributed by atoms with Gasteiger partial charge in [-0.25, -0.2) is 0 Å². The average Bonchev–Trinajstić information content (AvgIpc) is 3.08. The monoisotopic (exact) mass is 426 g/mol. The Balaban J connectivity index is 1.99. The number of nitrogens with zero attached hydrogens (tertiary/aromatic N) is 4. The normalized spacial score (nSPS) is 22.9. The minimum absolute atomic E-state index is 0.0899. The van der Waals surface area contributed by atoms with Crippen molar-refractivity contribution < 1.29 is 9.72 Å². The molecule has 1 fully saturated rings. The summed E-state index contributed by atoms with van der Waals surface area (Å²) in [7, 11) is 0. The lowest BCUT2D eigenvalue weighted by Gasteiger charge is -2.36. The van der Waals surface area contributed by atoms with Crippen LogP contribution in [0.25, 0.3) is 6.08 Å². The van der Waals surface area contributed by atoms with Crippen molar-refractivity contribution >= 4 is 17.5 Å². The van der Waals surface area contributed by atoms with Gasteiger partial charge in [-0.2, -0.15) is 10.5 Å². The first-order valence-corrected chi connectivity index (χ1v) is 10.3. The molecule has 0 amide bonds. The number of nitriles is 2. The van der Waals surface area contributed by atoms with Crippen molar-refractivity contribution in [2.24, 2.45) is 10.8 Å². The van der Waals surface area contributed by atoms with E-state index in [-0.39, 0.29) is 11.5 Å². The van der Waals surface area contributed by atoms with E-state index in [1.807, 2.05) is 56.0 Å². The van der Waals surface area contributed by atoms with Gasteiger partial charge in [0.25, 0.3) is 5.69 Å². The summed E-state index contributed by atoms with van der Waals surface area (Å²) in [5, 5.41) is 32.0. The van der Waals surface area contributed by atoms with E-state index in [0.717, 1.165) is 11.1 Å². The molecule has 1 saturated heterocycles. The number of hydrogen-bond donors (Lipinski definition) is 0. The van der Waals surface area contributed by atoms with Crippen LogP contribution in [0.4, 0.5) is 5.69 Å². The quantitative estimate of drug-likeness (QED) is 0.518. The number of nitro benzene ring substituents is 1. The Morgan fingerprint density at radius 2 is 1.72 bits per heavy atom. The minimum atomic E-state index is -1.57. The molecule has 7 nitrogen and oxygen atoms in total. The van der Waals surface area contributed by atoms with E-state index >= 15 is 0 Å². The van der Waals surface area contributed by atoms with E-state index in [9.17, 15) is 25.4 Å². The first kappa shape index (κ1) is 21.3. The highest BCUT2D eigenvalue weighted by atomic mass is 16.6. The third kappa shape index (κ3) is 2.98. The maximum atomic E-state index is 13.7. The number of benzene rings is 2. The van der Waals surface area contributed by atoms with Crippen LogP contribution < -0.4 is 0 Å². The third-order valence-corrected chi connectivity index (χ3v) is 6.41. The van der Waals surface area contributed by atoms with Gasteiger partial charge in [0.2, 0.25) is 0 Å². The summed E-state index contributed by atoms with van der Waals surface area (Å²) in [6.45, 7) is 5.45. The smallest absolute Gasteiger partial charge is 0.269 e. The molecule has 0 unspecified atom stereocenters. The highest BCUT2D eigenvalue weighted by Gasteiger charge is 2.64. The fourth-order valence-corrected chi connectivity index (χ4v) is 4.92. The lowest BCUT2D eigenvalue weighted by atomic mass is 9.66. The first-order valence-electron chi connectivity index (χ1n) is 10.3. The summed E-state index contributed by atoms with van der Waals surface area (Å²) < 4.78 is 0. The zero-order valence-corrected chi connectivity index (χ0v) is 18.0. The molecule has 2 aromatic rings. The average molecular weight is 426 g/mol. The largest absolute Gasteiger partial charge is 0.357 e. The van der Waals surface area contributed by atoms with Crippen LogP contribution >= 0.6 is 0 Å². The Labute approximate surface area is 186 Å². The predicted octanol–water partition coefficient (Wildman–Crippen LogP) is 4.74. The number of rotatable bonds is 3. The first-order chi connectivity index (χ1) is 15.2. The van der Waals surface area contributed by atoms with Gasteiger partial charge in [-0.05, 0) is 22.8 Å². The molecule has 0 N–H and O–H groups in total. The van der Waals surface area contributed by atoms with E-state index < -0.39 is 33.8 Å². The number of fused-ring (bicyclic) bond motifs is 3. The van der Waals surface area contributed by atoms with Gasteiger partial charge in [-0.3, -0.25) is 14.9 Å². The predicted molar refractivity (Wildman–Crippen MR) is 118 cm³/mol. The molecule has 0 bridgehead atoms. The van der Waals surface area contributed by atoms with Gasteiger partial charge in [0.1, 0.15) is 0 Å². The number of Topliss-reactive ketones (excluding diaryl/α,β-unsaturated/α-hetero) is 1. The molecular weight excluding hydrogens is 404 g/mol. The van der Waals surface area contributed by atoms with Crippen LogP contribution in [0.3, 0.4) is 0 Å². The SMILES string of the molecule is CC(C)(C)C(=O)[C@H]1[C@H](c2ccc([N+](=O)[O-])cc2)C(C#N)(C#N)[C@H]2c3ccccc3C=CN12. The fourth-order valence-electron chi connectivity index (χ4n) is 4.92. The highest BCUT2D eigenvalue weighted by Crippen LogP contribution is 2.60. The van der Waals surface area contributed by atoms with Crippen LogP contribution in [0.15, 0.2) is 54.7 Å². The Hall–Kier alpha value is -3.97.